The number of hydrogen-bond acceptors (Lipinski definition) is 4. The van der Waals surface area contributed by atoms with Crippen LogP contribution in [0.3, 0.4) is 0 Å². The van der Waals surface area contributed by atoms with Crippen molar-refractivity contribution in [2.75, 3.05) is 20.7 Å². The van der Waals surface area contributed by atoms with Crippen molar-refractivity contribution >= 4 is 0 Å². The summed E-state index contributed by atoms with van der Waals surface area (Å²) in [4.78, 5) is 2.04. The highest BCUT2D eigenvalue weighted by atomic mass is 16.5. The van der Waals surface area contributed by atoms with E-state index in [1.807, 2.05) is 25.1 Å². The van der Waals surface area contributed by atoms with E-state index in [1.165, 1.54) is 11.1 Å². The van der Waals surface area contributed by atoms with Crippen LogP contribution in [0, 0.1) is 0 Å². The van der Waals surface area contributed by atoms with Gasteiger partial charge >= 0.3 is 0 Å². The number of fused-ring (bicyclic) bond motifs is 1. The molecule has 1 aromatic carbocycles. The molecule has 0 radical (unpaired) electrons. The molecular formula is C11H17N3O. The van der Waals surface area contributed by atoms with Gasteiger partial charge < -0.3 is 4.74 Å². The smallest absolute Gasteiger partial charge is 0.122 e. The van der Waals surface area contributed by atoms with Crippen molar-refractivity contribution in [2.24, 2.45) is 5.84 Å². The van der Waals surface area contributed by atoms with Crippen LogP contribution >= 0.6 is 0 Å². The molecule has 3 N–H and O–H groups in total. The Morgan fingerprint density at radius 2 is 2.27 bits per heavy atom. The molecule has 1 atom stereocenters. The summed E-state index contributed by atoms with van der Waals surface area (Å²) in [5.41, 5.74) is 5.24. The van der Waals surface area contributed by atoms with Gasteiger partial charge in [-0.15, -0.1) is 0 Å². The Hall–Kier alpha value is -1.10. The van der Waals surface area contributed by atoms with Gasteiger partial charge in [-0.25, -0.2) is 5.43 Å². The third-order valence-corrected chi connectivity index (χ3v) is 2.70. The number of nitrogens with two attached hydrogens (primary N) is 1. The first-order valence-corrected chi connectivity index (χ1v) is 5.10. The molecule has 0 aromatic heterocycles. The minimum absolute atomic E-state index is 0.0518. The van der Waals surface area contributed by atoms with E-state index in [-0.39, 0.29) is 6.17 Å². The molecule has 0 fully saturated rings. The predicted octanol–water partition coefficient (Wildman–Crippen LogP) is 0.645. The van der Waals surface area contributed by atoms with E-state index >= 15 is 0 Å². The molecule has 1 aliphatic rings. The van der Waals surface area contributed by atoms with Crippen LogP contribution in [-0.4, -0.2) is 25.6 Å². The average Bonchev–Trinajstić information content (AvgIpc) is 2.65. The Morgan fingerprint density at radius 1 is 1.47 bits per heavy atom. The first kappa shape index (κ1) is 10.4. The molecule has 4 nitrogen and oxygen atoms in total. The minimum Gasteiger partial charge on any atom is -0.493 e. The zero-order chi connectivity index (χ0) is 10.8. The quantitative estimate of drug-likeness (QED) is 0.434. The van der Waals surface area contributed by atoms with Crippen LogP contribution in [0.2, 0.25) is 0 Å². The van der Waals surface area contributed by atoms with Gasteiger partial charge in [0.1, 0.15) is 5.75 Å². The molecule has 1 heterocycles. The second kappa shape index (κ2) is 4.18. The summed E-state index contributed by atoms with van der Waals surface area (Å²) < 4.78 is 5.46. The molecule has 0 bridgehead atoms. The van der Waals surface area contributed by atoms with Gasteiger partial charge in [0.2, 0.25) is 0 Å². The second-order valence-corrected chi connectivity index (χ2v) is 4.00. The van der Waals surface area contributed by atoms with Crippen molar-refractivity contribution in [3.05, 3.63) is 29.3 Å². The fourth-order valence-electron chi connectivity index (χ4n) is 1.92. The maximum atomic E-state index is 5.53. The third kappa shape index (κ3) is 1.97. The first-order chi connectivity index (χ1) is 7.22. The standard InChI is InChI=1S/C11H17N3O/c1-14(2)11(13-12)9-3-4-10-8(7-9)5-6-15-10/h3-4,7,11,13H,5-6,12H2,1-2H3. The number of hydrazine groups is 1. The van der Waals surface area contributed by atoms with Gasteiger partial charge in [0.25, 0.3) is 0 Å². The summed E-state index contributed by atoms with van der Waals surface area (Å²) in [6.45, 7) is 0.793. The molecule has 0 aliphatic carbocycles. The largest absolute Gasteiger partial charge is 0.493 e. The molecule has 2 rings (SSSR count). The zero-order valence-electron chi connectivity index (χ0n) is 9.16. The van der Waals surface area contributed by atoms with Gasteiger partial charge in [-0.05, 0) is 37.4 Å². The fraction of sp³-hybridized carbons (Fsp3) is 0.455. The first-order valence-electron chi connectivity index (χ1n) is 5.10. The molecule has 1 aromatic rings. The Balaban J connectivity index is 2.28. The molecule has 1 aliphatic heterocycles. The van der Waals surface area contributed by atoms with Crippen molar-refractivity contribution in [2.45, 2.75) is 12.6 Å². The zero-order valence-corrected chi connectivity index (χ0v) is 9.16. The van der Waals surface area contributed by atoms with Crippen LogP contribution in [0.1, 0.15) is 17.3 Å². The summed E-state index contributed by atoms with van der Waals surface area (Å²) in [6, 6.07) is 6.23. The summed E-state index contributed by atoms with van der Waals surface area (Å²) in [6.07, 6.45) is 1.05. The van der Waals surface area contributed by atoms with E-state index in [0.29, 0.717) is 0 Å². The molecule has 15 heavy (non-hydrogen) atoms. The monoisotopic (exact) mass is 207 g/mol. The van der Waals surface area contributed by atoms with Gasteiger partial charge in [0, 0.05) is 6.42 Å². The Kier molecular flexibility index (Phi) is 2.90. The fourth-order valence-corrected chi connectivity index (χ4v) is 1.92. The van der Waals surface area contributed by atoms with E-state index in [2.05, 4.69) is 17.6 Å². The number of benzene rings is 1. The van der Waals surface area contributed by atoms with Gasteiger partial charge in [-0.1, -0.05) is 6.07 Å². The summed E-state index contributed by atoms with van der Waals surface area (Å²) in [7, 11) is 3.99. The molecule has 0 saturated carbocycles. The number of hydrogen-bond donors (Lipinski definition) is 2. The molecule has 0 amide bonds. The van der Waals surface area contributed by atoms with E-state index in [0.717, 1.165) is 18.8 Å². The van der Waals surface area contributed by atoms with Gasteiger partial charge in [-0.2, -0.15) is 0 Å². The summed E-state index contributed by atoms with van der Waals surface area (Å²) >= 11 is 0. The van der Waals surface area contributed by atoms with Crippen LogP contribution < -0.4 is 16.0 Å². The lowest BCUT2D eigenvalue weighted by Crippen LogP contribution is -2.37. The van der Waals surface area contributed by atoms with Crippen LogP contribution in [0.15, 0.2) is 18.2 Å². The number of nitrogens with zero attached hydrogens (tertiary/aromatic N) is 1. The van der Waals surface area contributed by atoms with Crippen LogP contribution in [0.5, 0.6) is 5.75 Å². The van der Waals surface area contributed by atoms with Gasteiger partial charge in [0.15, 0.2) is 0 Å². The van der Waals surface area contributed by atoms with E-state index < -0.39 is 0 Å². The third-order valence-electron chi connectivity index (χ3n) is 2.70. The minimum atomic E-state index is 0.0518. The SMILES string of the molecule is CN(C)C(NN)c1ccc2c(c1)CCO2. The van der Waals surface area contributed by atoms with Crippen LogP contribution in [0.4, 0.5) is 0 Å². The Labute approximate surface area is 90.0 Å². The maximum absolute atomic E-state index is 5.53. The lowest BCUT2D eigenvalue weighted by Gasteiger charge is -2.24. The maximum Gasteiger partial charge on any atom is 0.122 e. The van der Waals surface area contributed by atoms with Crippen LogP contribution in [0.25, 0.3) is 0 Å². The van der Waals surface area contributed by atoms with Crippen molar-refractivity contribution in [3.8, 4) is 5.75 Å². The predicted molar refractivity (Wildman–Crippen MR) is 59.4 cm³/mol. The highest BCUT2D eigenvalue weighted by molar-refractivity contribution is 5.40. The van der Waals surface area contributed by atoms with E-state index in [9.17, 15) is 0 Å². The molecule has 4 heteroatoms. The average molecular weight is 207 g/mol. The van der Waals surface area contributed by atoms with Crippen molar-refractivity contribution in [1.29, 1.82) is 0 Å². The number of rotatable bonds is 3. The van der Waals surface area contributed by atoms with Gasteiger partial charge in [-0.3, -0.25) is 10.7 Å². The van der Waals surface area contributed by atoms with E-state index in [4.69, 9.17) is 10.6 Å². The lowest BCUT2D eigenvalue weighted by molar-refractivity contribution is 0.253. The second-order valence-electron chi connectivity index (χ2n) is 4.00. The lowest BCUT2D eigenvalue weighted by atomic mass is 10.1. The van der Waals surface area contributed by atoms with Gasteiger partial charge in [0.05, 0.1) is 12.8 Å². The normalized spacial score (nSPS) is 16.3. The Morgan fingerprint density at radius 3 is 2.93 bits per heavy atom. The molecule has 0 spiro atoms. The Bertz CT molecular complexity index is 352. The number of nitrogens with one attached hydrogen (secondary N) is 1. The highest BCUT2D eigenvalue weighted by Gasteiger charge is 2.17. The molecule has 0 saturated heterocycles. The van der Waals surface area contributed by atoms with Crippen molar-refractivity contribution < 1.29 is 4.74 Å². The van der Waals surface area contributed by atoms with E-state index in [1.54, 1.807) is 0 Å². The van der Waals surface area contributed by atoms with Crippen LogP contribution in [-0.2, 0) is 6.42 Å². The van der Waals surface area contributed by atoms with Crippen molar-refractivity contribution in [1.82, 2.24) is 10.3 Å². The summed E-state index contributed by atoms with van der Waals surface area (Å²) in [5.74, 6) is 6.54. The molecule has 1 unspecified atom stereocenters. The number of ether oxygens (including phenoxy) is 1. The molecule has 82 valence electrons. The molecular weight excluding hydrogens is 190 g/mol. The highest BCUT2D eigenvalue weighted by Crippen LogP contribution is 2.28. The summed E-state index contributed by atoms with van der Waals surface area (Å²) in [5, 5.41) is 0. The topological polar surface area (TPSA) is 50.5 Å². The van der Waals surface area contributed by atoms with Crippen molar-refractivity contribution in [3.63, 3.8) is 0 Å².